The quantitative estimate of drug-likeness (QED) is 0.668. The van der Waals surface area contributed by atoms with E-state index in [0.717, 1.165) is 10.2 Å². The highest BCUT2D eigenvalue weighted by Gasteiger charge is 2.15. The van der Waals surface area contributed by atoms with E-state index in [4.69, 9.17) is 14.6 Å². The highest BCUT2D eigenvalue weighted by molar-refractivity contribution is 5.60. The number of rotatable bonds is 6. The van der Waals surface area contributed by atoms with Gasteiger partial charge in [-0.15, -0.1) is 0 Å². The maximum absolute atomic E-state index is 11.8. The second-order valence-electron chi connectivity index (χ2n) is 5.35. The minimum atomic E-state index is -2.47. The highest BCUT2D eigenvalue weighted by Crippen LogP contribution is 2.26. The highest BCUT2D eigenvalue weighted by atomic mass is 16.5. The van der Waals surface area contributed by atoms with Crippen molar-refractivity contribution in [2.24, 2.45) is 6.98 Å². The fraction of sp³-hybridized carbons (Fsp3) is 0.167. The lowest BCUT2D eigenvalue weighted by Gasteiger charge is -2.10. The zero-order valence-corrected chi connectivity index (χ0v) is 13.4. The molecule has 0 fully saturated rings. The molecule has 3 rings (SSSR count). The molecule has 0 atom stereocenters. The van der Waals surface area contributed by atoms with Crippen LogP contribution in [0, 0.1) is 0 Å². The molecular weight excluding hydrogens is 318 g/mol. The summed E-state index contributed by atoms with van der Waals surface area (Å²) in [6, 6.07) is 8.61. The van der Waals surface area contributed by atoms with Gasteiger partial charge in [-0.25, -0.2) is 4.98 Å². The molecule has 2 aromatic heterocycles. The topological polar surface area (TPSA) is 98.8 Å². The van der Waals surface area contributed by atoms with E-state index in [0.29, 0.717) is 24.3 Å². The molecule has 7 heteroatoms. The van der Waals surface area contributed by atoms with Gasteiger partial charge in [0.2, 0.25) is 5.95 Å². The Labute approximate surface area is 149 Å². The number of hydrogen-bond donors (Lipinski definition) is 2. The molecule has 3 aromatic rings. The molecule has 0 amide bonds. The molecule has 0 aliphatic heterocycles. The molecule has 0 spiro atoms. The fourth-order valence-corrected chi connectivity index (χ4v) is 2.50. The van der Waals surface area contributed by atoms with Crippen molar-refractivity contribution in [3.8, 4) is 17.1 Å². The number of aromatic nitrogens is 4. The summed E-state index contributed by atoms with van der Waals surface area (Å²) in [6.45, 7) is 1.50. The molecule has 2 heterocycles. The van der Waals surface area contributed by atoms with E-state index in [-0.39, 0.29) is 17.3 Å². The van der Waals surface area contributed by atoms with Gasteiger partial charge in [0.05, 0.1) is 0 Å². The molecule has 128 valence electrons. The average Bonchev–Trinajstić information content (AvgIpc) is 3.04. The third-order valence-electron chi connectivity index (χ3n) is 3.50. The van der Waals surface area contributed by atoms with Crippen LogP contribution in [0.2, 0.25) is 0 Å². The van der Waals surface area contributed by atoms with Crippen LogP contribution in [-0.4, -0.2) is 26.4 Å². The van der Waals surface area contributed by atoms with Gasteiger partial charge in [0, 0.05) is 35.3 Å². The Kier molecular flexibility index (Phi) is 3.66. The molecule has 0 unspecified atom stereocenters. The molecule has 0 saturated heterocycles. The van der Waals surface area contributed by atoms with Crippen molar-refractivity contribution in [3.05, 3.63) is 70.7 Å². The smallest absolute Gasteiger partial charge is 0.252 e. The van der Waals surface area contributed by atoms with Crippen LogP contribution < -0.4 is 16.0 Å². The zero-order chi connectivity index (χ0) is 20.3. The van der Waals surface area contributed by atoms with Gasteiger partial charge in [-0.3, -0.25) is 14.5 Å². The minimum absolute atomic E-state index is 0.0772. The lowest BCUT2D eigenvalue weighted by molar-refractivity contribution is 0.360. The van der Waals surface area contributed by atoms with Crippen molar-refractivity contribution >= 4 is 5.95 Å². The molecule has 0 radical (unpaired) electrons. The average molecular weight is 340 g/mol. The molecule has 7 nitrogen and oxygen atoms in total. The van der Waals surface area contributed by atoms with Crippen LogP contribution in [0.15, 0.2) is 54.0 Å². The Hall–Kier alpha value is -3.35. The summed E-state index contributed by atoms with van der Waals surface area (Å²) in [5, 5.41) is 4.15. The molecule has 3 N–H and O–H groups in total. The van der Waals surface area contributed by atoms with Crippen LogP contribution in [-0.2, 0) is 13.4 Å². The fourth-order valence-electron chi connectivity index (χ4n) is 2.50. The first-order valence-electron chi connectivity index (χ1n) is 9.06. The van der Waals surface area contributed by atoms with E-state index in [1.54, 1.807) is 6.08 Å². The number of hydrogen-bond acceptors (Lipinski definition) is 5. The summed E-state index contributed by atoms with van der Waals surface area (Å²) in [5.74, 6) is 0.569. The Bertz CT molecular complexity index is 1060. The first kappa shape index (κ1) is 13.0. The first-order valence-corrected chi connectivity index (χ1v) is 7.56. The zero-order valence-electron chi connectivity index (χ0n) is 16.4. The second-order valence-corrected chi connectivity index (χ2v) is 5.35. The Morgan fingerprint density at radius 2 is 2.28 bits per heavy atom. The predicted molar refractivity (Wildman–Crippen MR) is 96.4 cm³/mol. The standard InChI is InChI=1S/C18H19N5O2/c1-3-8-25-15-7-5-4-6-12(15)9-13-11-23(2)22-17(13)14-10-16(24)21-18(19)20-14/h3-7,10-11H,1,8-9H2,2H3,(H3,19,20,21,24)/i2D3. The van der Waals surface area contributed by atoms with E-state index >= 15 is 0 Å². The van der Waals surface area contributed by atoms with E-state index in [1.165, 1.54) is 12.3 Å². The van der Waals surface area contributed by atoms with Crippen LogP contribution in [0.1, 0.15) is 15.2 Å². The summed E-state index contributed by atoms with van der Waals surface area (Å²) in [6.07, 6.45) is 3.39. The number of aryl methyl sites for hydroxylation is 1. The number of nitrogens with two attached hydrogens (primary N) is 1. The SMILES string of the molecule is [2H]C([2H])([2H])n1cc(Cc2ccccc2OCC=C)c(-c2cc(=O)[nH]c(N)n2)n1. The van der Waals surface area contributed by atoms with Gasteiger partial charge >= 0.3 is 0 Å². The number of ether oxygens (including phenoxy) is 1. The van der Waals surface area contributed by atoms with Gasteiger partial charge < -0.3 is 10.5 Å². The van der Waals surface area contributed by atoms with Gasteiger partial charge in [0.1, 0.15) is 23.7 Å². The number of nitrogen functional groups attached to an aromatic ring is 1. The normalized spacial score (nSPS) is 12.9. The third-order valence-corrected chi connectivity index (χ3v) is 3.50. The maximum atomic E-state index is 11.8. The number of anilines is 1. The van der Waals surface area contributed by atoms with Crippen molar-refractivity contribution < 1.29 is 8.85 Å². The second kappa shape index (κ2) is 7.04. The summed E-state index contributed by atoms with van der Waals surface area (Å²) < 4.78 is 29.4. The van der Waals surface area contributed by atoms with Gasteiger partial charge in [0.15, 0.2) is 0 Å². The van der Waals surface area contributed by atoms with E-state index in [1.807, 2.05) is 24.3 Å². The number of nitrogens with one attached hydrogen (secondary N) is 1. The summed E-state index contributed by atoms with van der Waals surface area (Å²) in [5.41, 5.74) is 7.05. The minimum Gasteiger partial charge on any atom is -0.489 e. The lowest BCUT2D eigenvalue weighted by atomic mass is 10.0. The molecule has 25 heavy (non-hydrogen) atoms. The summed E-state index contributed by atoms with van der Waals surface area (Å²) >= 11 is 0. The van der Waals surface area contributed by atoms with E-state index in [2.05, 4.69) is 21.6 Å². The first-order chi connectivity index (χ1) is 13.3. The molecule has 0 aliphatic carbocycles. The van der Waals surface area contributed by atoms with Crippen LogP contribution in [0.3, 0.4) is 0 Å². The van der Waals surface area contributed by atoms with E-state index < -0.39 is 12.5 Å². The number of para-hydroxylation sites is 1. The summed E-state index contributed by atoms with van der Waals surface area (Å²) in [4.78, 5) is 18.2. The lowest BCUT2D eigenvalue weighted by Crippen LogP contribution is -2.11. The number of H-pyrrole nitrogens is 1. The maximum Gasteiger partial charge on any atom is 0.252 e. The van der Waals surface area contributed by atoms with E-state index in [9.17, 15) is 4.79 Å². The largest absolute Gasteiger partial charge is 0.489 e. The van der Waals surface area contributed by atoms with Gasteiger partial charge in [-0.1, -0.05) is 30.9 Å². The number of nitrogens with zero attached hydrogens (tertiary/aromatic N) is 3. The van der Waals surface area contributed by atoms with Crippen molar-refractivity contribution in [1.29, 1.82) is 0 Å². The number of aromatic amines is 1. The number of benzene rings is 1. The Morgan fingerprint density at radius 1 is 1.44 bits per heavy atom. The molecule has 0 bridgehead atoms. The van der Waals surface area contributed by atoms with Crippen molar-refractivity contribution in [3.63, 3.8) is 0 Å². The van der Waals surface area contributed by atoms with Gasteiger partial charge in [-0.05, 0) is 11.6 Å². The van der Waals surface area contributed by atoms with Crippen molar-refractivity contribution in [1.82, 2.24) is 19.7 Å². The van der Waals surface area contributed by atoms with Crippen LogP contribution in [0.25, 0.3) is 11.4 Å². The van der Waals surface area contributed by atoms with Crippen LogP contribution in [0.4, 0.5) is 5.95 Å². The predicted octanol–water partition coefficient (Wildman–Crippen LogP) is 1.91. The molecule has 1 aromatic carbocycles. The summed E-state index contributed by atoms with van der Waals surface area (Å²) in [7, 11) is 0. The van der Waals surface area contributed by atoms with Gasteiger partial charge in [-0.2, -0.15) is 5.10 Å². The van der Waals surface area contributed by atoms with Crippen LogP contribution in [0.5, 0.6) is 5.75 Å². The Balaban J connectivity index is 2.09. The molecule has 0 aliphatic rings. The molecular formula is C18H19N5O2. The van der Waals surface area contributed by atoms with Crippen molar-refractivity contribution in [2.75, 3.05) is 12.3 Å². The third kappa shape index (κ3) is 3.77. The van der Waals surface area contributed by atoms with Gasteiger partial charge in [0.25, 0.3) is 5.56 Å². The van der Waals surface area contributed by atoms with Crippen LogP contribution >= 0.6 is 0 Å². The monoisotopic (exact) mass is 340 g/mol. The Morgan fingerprint density at radius 3 is 3.04 bits per heavy atom. The molecule has 0 saturated carbocycles. The van der Waals surface area contributed by atoms with Crippen molar-refractivity contribution in [2.45, 2.75) is 6.42 Å².